The zero-order valence-electron chi connectivity index (χ0n) is 48.6. The van der Waals surface area contributed by atoms with Crippen molar-refractivity contribution in [2.75, 3.05) is 9.80 Å². The number of nitrogens with zero attached hydrogens (tertiary/aromatic N) is 4. The van der Waals surface area contributed by atoms with Crippen LogP contribution in [0.5, 0.6) is 23.0 Å². The summed E-state index contributed by atoms with van der Waals surface area (Å²) in [4.78, 5) is 10.6. The van der Waals surface area contributed by atoms with Crippen LogP contribution in [-0.4, -0.2) is 16.3 Å². The fourth-order valence-corrected chi connectivity index (χ4v) is 12.6. The zero-order valence-corrected chi connectivity index (χ0v) is 48.6. The van der Waals surface area contributed by atoms with Crippen LogP contribution in [0, 0.1) is 0 Å². The van der Waals surface area contributed by atoms with Gasteiger partial charge in [0.1, 0.15) is 5.82 Å². The third-order valence-corrected chi connectivity index (χ3v) is 17.1. The lowest BCUT2D eigenvalue weighted by Crippen LogP contribution is -2.62. The van der Waals surface area contributed by atoms with Crippen molar-refractivity contribution in [1.82, 2.24) is 9.55 Å². The van der Waals surface area contributed by atoms with Gasteiger partial charge in [0.2, 0.25) is 0 Å². The molecule has 1 aromatic heterocycles. The lowest BCUT2D eigenvalue weighted by atomic mass is 9.33. The van der Waals surface area contributed by atoms with Crippen molar-refractivity contribution in [3.05, 3.63) is 173 Å². The quantitative estimate of drug-likeness (QED) is 0.161. The molecule has 7 heteroatoms. The van der Waals surface area contributed by atoms with Crippen LogP contribution in [0.4, 0.5) is 34.1 Å². The molecule has 6 nitrogen and oxygen atoms in total. The summed E-state index contributed by atoms with van der Waals surface area (Å²) >= 11 is 0. The van der Waals surface area contributed by atoms with Crippen LogP contribution in [0.15, 0.2) is 140 Å². The summed E-state index contributed by atoms with van der Waals surface area (Å²) in [6, 6.07) is 52.9. The highest BCUT2D eigenvalue weighted by molar-refractivity contribution is 7.00. The number of para-hydroxylation sites is 1. The van der Waals surface area contributed by atoms with Gasteiger partial charge in [-0.15, -0.1) is 0 Å². The van der Waals surface area contributed by atoms with E-state index < -0.39 is 0 Å². The Morgan fingerprint density at radius 3 is 1.35 bits per heavy atom. The van der Waals surface area contributed by atoms with Gasteiger partial charge in [-0.1, -0.05) is 190 Å². The molecule has 0 atom stereocenters. The van der Waals surface area contributed by atoms with E-state index in [4.69, 9.17) is 14.5 Å². The molecule has 0 radical (unpaired) electrons. The van der Waals surface area contributed by atoms with Crippen LogP contribution in [0.25, 0.3) is 39.2 Å². The predicted octanol–water partition coefficient (Wildman–Crippen LogP) is 18.1. The van der Waals surface area contributed by atoms with Crippen LogP contribution in [0.3, 0.4) is 0 Å². The van der Waals surface area contributed by atoms with E-state index in [1.165, 1.54) is 55.5 Å². The Balaban J connectivity index is 1.16. The molecular formula is C71H73BN4O2. The highest BCUT2D eigenvalue weighted by Gasteiger charge is 2.49. The smallest absolute Gasteiger partial charge is 0.252 e. The van der Waals surface area contributed by atoms with Crippen LogP contribution in [-0.2, 0) is 21.7 Å². The van der Waals surface area contributed by atoms with E-state index in [2.05, 4.69) is 265 Å². The van der Waals surface area contributed by atoms with E-state index in [-0.39, 0.29) is 40.2 Å². The maximum absolute atomic E-state index is 7.30. The zero-order chi connectivity index (χ0) is 54.9. The number of fused-ring (bicyclic) bond motifs is 9. The molecule has 0 saturated carbocycles. The molecule has 9 aromatic rings. The molecule has 0 unspecified atom stereocenters. The monoisotopic (exact) mass is 1020 g/mol. The molecule has 392 valence electrons. The first kappa shape index (κ1) is 50.0. The molecule has 4 aliphatic heterocycles. The number of hydrogen-bond acceptors (Lipinski definition) is 5. The lowest BCUT2D eigenvalue weighted by Gasteiger charge is -2.48. The van der Waals surface area contributed by atoms with Crippen LogP contribution >= 0.6 is 0 Å². The summed E-state index contributed by atoms with van der Waals surface area (Å²) in [5, 5.41) is 0. The SMILES string of the molecule is CC(C)c1cccc(C(C)C)c1-n1c(-c2ccccc2)nc2ccc(-c3cc4c5c(c3)N3c6ccc(C(C)(C)C)cc6Oc6cc(C(C)(C)C)cc(c63)B5c3cc(C(C)(C)C)cc5c3N4c3ccc(C(C)(C)C)cc3O5)cc21. The van der Waals surface area contributed by atoms with Crippen LogP contribution < -0.4 is 35.7 Å². The lowest BCUT2D eigenvalue weighted by molar-refractivity contribution is 0.469. The largest absolute Gasteiger partial charge is 0.453 e. The van der Waals surface area contributed by atoms with Crippen molar-refractivity contribution < 1.29 is 9.47 Å². The Morgan fingerprint density at radius 1 is 0.410 bits per heavy atom. The minimum atomic E-state index is -0.155. The number of aromatic nitrogens is 2. The van der Waals surface area contributed by atoms with Crippen molar-refractivity contribution in [1.29, 1.82) is 0 Å². The Kier molecular flexibility index (Phi) is 10.9. The number of ether oxygens (including phenoxy) is 2. The molecule has 0 saturated heterocycles. The first-order valence-electron chi connectivity index (χ1n) is 28.4. The summed E-state index contributed by atoms with van der Waals surface area (Å²) in [6.07, 6.45) is 0. The van der Waals surface area contributed by atoms with Crippen molar-refractivity contribution >= 4 is 68.3 Å². The van der Waals surface area contributed by atoms with E-state index in [9.17, 15) is 0 Å². The second-order valence-corrected chi connectivity index (χ2v) is 27.4. The van der Waals surface area contributed by atoms with Gasteiger partial charge in [0.15, 0.2) is 23.0 Å². The molecule has 4 aliphatic rings. The maximum Gasteiger partial charge on any atom is 0.252 e. The van der Waals surface area contributed by atoms with E-state index in [1.807, 2.05) is 0 Å². The van der Waals surface area contributed by atoms with Gasteiger partial charge in [0.05, 0.1) is 39.5 Å². The van der Waals surface area contributed by atoms with Gasteiger partial charge >= 0.3 is 0 Å². The number of benzene rings is 8. The second-order valence-electron chi connectivity index (χ2n) is 27.4. The fraction of sp³-hybridized carbons (Fsp3) is 0.310. The molecule has 0 aliphatic carbocycles. The number of imidazole rings is 1. The average molecular weight is 1030 g/mol. The van der Waals surface area contributed by atoms with Crippen molar-refractivity contribution in [3.63, 3.8) is 0 Å². The average Bonchev–Trinajstić information content (AvgIpc) is 3.92. The maximum atomic E-state index is 7.30. The van der Waals surface area contributed by atoms with Gasteiger partial charge in [-0.3, -0.25) is 4.57 Å². The first-order chi connectivity index (χ1) is 36.8. The van der Waals surface area contributed by atoms with Gasteiger partial charge in [-0.05, 0) is 155 Å². The molecule has 5 heterocycles. The molecule has 8 aromatic carbocycles. The Hall–Kier alpha value is -7.51. The number of hydrogen-bond donors (Lipinski definition) is 0. The van der Waals surface area contributed by atoms with Crippen molar-refractivity contribution in [2.24, 2.45) is 0 Å². The molecule has 0 spiro atoms. The third kappa shape index (κ3) is 7.69. The van der Waals surface area contributed by atoms with E-state index >= 15 is 0 Å². The Bertz CT molecular complexity index is 3800. The molecule has 0 bridgehead atoms. The highest BCUT2D eigenvalue weighted by atomic mass is 16.5. The summed E-state index contributed by atoms with van der Waals surface area (Å²) in [5.41, 5.74) is 24.0. The van der Waals surface area contributed by atoms with Crippen molar-refractivity contribution in [2.45, 2.75) is 144 Å². The van der Waals surface area contributed by atoms with Gasteiger partial charge in [-0.25, -0.2) is 4.98 Å². The molecular weight excluding hydrogens is 952 g/mol. The Morgan fingerprint density at radius 2 is 0.885 bits per heavy atom. The van der Waals surface area contributed by atoms with Gasteiger partial charge < -0.3 is 19.3 Å². The summed E-state index contributed by atoms with van der Waals surface area (Å²) in [6.45, 7) is 36.7. The highest BCUT2D eigenvalue weighted by Crippen LogP contribution is 2.58. The third-order valence-electron chi connectivity index (χ3n) is 17.1. The minimum absolute atomic E-state index is 0.0803. The molecule has 0 N–H and O–H groups in total. The van der Waals surface area contributed by atoms with E-state index in [0.29, 0.717) is 0 Å². The molecule has 0 fully saturated rings. The van der Waals surface area contributed by atoms with Crippen LogP contribution in [0.2, 0.25) is 0 Å². The number of anilines is 6. The standard InChI is InChI=1S/C71H73BN4O2/c1-40(2)49-23-20-24-50(41(3)4)64(49)76-56-31-43(25-28-53(56)73-67(76)42-21-18-17-19-22-42)44-32-57-63-58(33-44)75-55-30-27-46(69(8,9)10)37-60(55)78-62-39-48(71(14,15)16)35-52(66(62)75)72(63)51-34-47(70(11,12)13)38-61-65(51)74(57)54-29-26-45(68(5,6)7)36-59(54)77-61/h17-41H,1-16H3. The predicted molar refractivity (Wildman–Crippen MR) is 329 cm³/mol. The molecule has 0 amide bonds. The van der Waals surface area contributed by atoms with Crippen LogP contribution in [0.1, 0.15) is 156 Å². The summed E-state index contributed by atoms with van der Waals surface area (Å²) in [5.74, 6) is 5.03. The second kappa shape index (κ2) is 17.0. The van der Waals surface area contributed by atoms with Crippen molar-refractivity contribution in [3.8, 4) is 51.2 Å². The van der Waals surface area contributed by atoms with E-state index in [0.717, 1.165) is 90.7 Å². The molecule has 13 rings (SSSR count). The topological polar surface area (TPSA) is 42.8 Å². The van der Waals surface area contributed by atoms with Gasteiger partial charge in [0.25, 0.3) is 6.71 Å². The molecule has 78 heavy (non-hydrogen) atoms. The van der Waals surface area contributed by atoms with Gasteiger partial charge in [0, 0.05) is 16.9 Å². The van der Waals surface area contributed by atoms with E-state index in [1.54, 1.807) is 0 Å². The summed E-state index contributed by atoms with van der Waals surface area (Å²) in [7, 11) is 0. The summed E-state index contributed by atoms with van der Waals surface area (Å²) < 4.78 is 17.1. The normalized spacial score (nSPS) is 14.3. The minimum Gasteiger partial charge on any atom is -0.453 e. The fourth-order valence-electron chi connectivity index (χ4n) is 12.6. The Labute approximate surface area is 463 Å². The first-order valence-corrected chi connectivity index (χ1v) is 28.4. The number of rotatable bonds is 5. The van der Waals surface area contributed by atoms with Gasteiger partial charge in [-0.2, -0.15) is 0 Å².